The van der Waals surface area contributed by atoms with E-state index in [1.54, 1.807) is 4.68 Å². The van der Waals surface area contributed by atoms with E-state index in [1.165, 1.54) is 11.8 Å². The van der Waals surface area contributed by atoms with E-state index >= 15 is 0 Å². The highest BCUT2D eigenvalue weighted by Crippen LogP contribution is 2.39. The normalized spacial score (nSPS) is 20.3. The third-order valence-corrected chi connectivity index (χ3v) is 4.83. The molecule has 2 aromatic rings. The minimum Gasteiger partial charge on any atom is -0.328 e. The lowest BCUT2D eigenvalue weighted by molar-refractivity contribution is -0.116. The Morgan fingerprint density at radius 1 is 1.39 bits per heavy atom. The highest BCUT2D eigenvalue weighted by Gasteiger charge is 2.37. The molecule has 23 heavy (non-hydrogen) atoms. The van der Waals surface area contributed by atoms with Crippen molar-refractivity contribution in [3.05, 3.63) is 29.2 Å². The summed E-state index contributed by atoms with van der Waals surface area (Å²) in [5, 5.41) is 13.2. The van der Waals surface area contributed by atoms with Gasteiger partial charge in [-0.2, -0.15) is 10.1 Å². The molecule has 1 N–H and O–H groups in total. The summed E-state index contributed by atoms with van der Waals surface area (Å²) in [6.07, 6.45) is 6.22. The van der Waals surface area contributed by atoms with Gasteiger partial charge >= 0.3 is 0 Å². The van der Waals surface area contributed by atoms with Crippen LogP contribution >= 0.6 is 11.8 Å². The molecule has 3 heterocycles. The number of thioether (sulfide) groups is 1. The third-order valence-electron chi connectivity index (χ3n) is 4.30. The summed E-state index contributed by atoms with van der Waals surface area (Å²) in [6, 6.07) is 1.69. The standard InChI is InChI=1S/C15H18N6OS/c1-3-20-8-7-10(18-20)13-12-9(5-4-6-11(12)22)16-14-17-15(23-2)19-21(13)14/h7-8,13H,3-6H2,1-2H3,(H,16,17,19)/t13-/m0/s1. The molecule has 0 unspecified atom stereocenters. The first-order valence-corrected chi connectivity index (χ1v) is 9.01. The number of anilines is 1. The van der Waals surface area contributed by atoms with Crippen LogP contribution in [0.15, 0.2) is 28.7 Å². The number of Topliss-reactive ketones (excluding diaryl/α,β-unsaturated/α-hetero) is 1. The molecule has 1 atom stereocenters. The van der Waals surface area contributed by atoms with E-state index in [9.17, 15) is 4.79 Å². The van der Waals surface area contributed by atoms with Crippen molar-refractivity contribution in [3.63, 3.8) is 0 Å². The Bertz CT molecular complexity index is 805. The molecular formula is C15H18N6OS. The number of fused-ring (bicyclic) bond motifs is 1. The van der Waals surface area contributed by atoms with Crippen molar-refractivity contribution in [1.82, 2.24) is 24.5 Å². The van der Waals surface area contributed by atoms with Crippen molar-refractivity contribution in [1.29, 1.82) is 0 Å². The molecule has 0 fully saturated rings. The van der Waals surface area contributed by atoms with Crippen LogP contribution in [0.4, 0.5) is 5.95 Å². The second-order valence-electron chi connectivity index (χ2n) is 5.66. The summed E-state index contributed by atoms with van der Waals surface area (Å²) in [6.45, 7) is 2.84. The number of nitrogens with one attached hydrogen (secondary N) is 1. The third kappa shape index (κ3) is 2.28. The summed E-state index contributed by atoms with van der Waals surface area (Å²) >= 11 is 1.49. The van der Waals surface area contributed by atoms with Gasteiger partial charge in [0, 0.05) is 30.4 Å². The van der Waals surface area contributed by atoms with Crippen LogP contribution in [0.5, 0.6) is 0 Å². The average Bonchev–Trinajstić information content (AvgIpc) is 3.19. The van der Waals surface area contributed by atoms with E-state index in [1.807, 2.05) is 30.1 Å². The number of allylic oxidation sites excluding steroid dienone is 2. The lowest BCUT2D eigenvalue weighted by Crippen LogP contribution is -2.31. The van der Waals surface area contributed by atoms with Gasteiger partial charge in [0.25, 0.3) is 0 Å². The topological polar surface area (TPSA) is 77.6 Å². The predicted molar refractivity (Wildman–Crippen MR) is 87.3 cm³/mol. The van der Waals surface area contributed by atoms with Crippen LogP contribution in [0, 0.1) is 0 Å². The van der Waals surface area contributed by atoms with Crippen LogP contribution in [0.2, 0.25) is 0 Å². The molecular weight excluding hydrogens is 312 g/mol. The molecule has 0 saturated heterocycles. The molecule has 0 bridgehead atoms. The predicted octanol–water partition coefficient (Wildman–Crippen LogP) is 2.24. The molecule has 0 amide bonds. The number of ketones is 1. The Labute approximate surface area is 138 Å². The fourth-order valence-corrected chi connectivity index (χ4v) is 3.54. The zero-order valence-electron chi connectivity index (χ0n) is 13.1. The number of hydrogen-bond donors (Lipinski definition) is 1. The lowest BCUT2D eigenvalue weighted by Gasteiger charge is -2.30. The van der Waals surface area contributed by atoms with Crippen LogP contribution in [0.1, 0.15) is 37.9 Å². The summed E-state index contributed by atoms with van der Waals surface area (Å²) in [4.78, 5) is 17.1. The van der Waals surface area contributed by atoms with Gasteiger partial charge in [-0.1, -0.05) is 11.8 Å². The Morgan fingerprint density at radius 2 is 2.26 bits per heavy atom. The van der Waals surface area contributed by atoms with Gasteiger partial charge in [0.15, 0.2) is 5.78 Å². The Morgan fingerprint density at radius 3 is 3.00 bits per heavy atom. The highest BCUT2D eigenvalue weighted by molar-refractivity contribution is 7.98. The van der Waals surface area contributed by atoms with Gasteiger partial charge in [-0.25, -0.2) is 4.68 Å². The monoisotopic (exact) mass is 330 g/mol. The molecule has 1 aliphatic heterocycles. The number of carbonyl (C=O) groups is 1. The maximum atomic E-state index is 12.6. The second-order valence-corrected chi connectivity index (χ2v) is 6.43. The van der Waals surface area contributed by atoms with Crippen molar-refractivity contribution < 1.29 is 4.79 Å². The van der Waals surface area contributed by atoms with E-state index in [4.69, 9.17) is 0 Å². The number of hydrogen-bond acceptors (Lipinski definition) is 6. The molecule has 2 aromatic heterocycles. The summed E-state index contributed by atoms with van der Waals surface area (Å²) in [7, 11) is 0. The van der Waals surface area contributed by atoms with Gasteiger partial charge < -0.3 is 5.32 Å². The zero-order chi connectivity index (χ0) is 16.0. The molecule has 0 saturated carbocycles. The second kappa shape index (κ2) is 5.52. The molecule has 0 aromatic carbocycles. The number of carbonyl (C=O) groups excluding carboxylic acids is 1. The van der Waals surface area contributed by atoms with Crippen molar-refractivity contribution in [2.75, 3.05) is 11.6 Å². The summed E-state index contributed by atoms with van der Waals surface area (Å²) < 4.78 is 3.67. The highest BCUT2D eigenvalue weighted by atomic mass is 32.2. The van der Waals surface area contributed by atoms with Crippen LogP contribution in [0.3, 0.4) is 0 Å². The number of rotatable bonds is 3. The van der Waals surface area contributed by atoms with Gasteiger partial charge in [-0.15, -0.1) is 5.10 Å². The molecule has 8 heteroatoms. The first kappa shape index (κ1) is 14.5. The zero-order valence-corrected chi connectivity index (χ0v) is 13.9. The smallest absolute Gasteiger partial charge is 0.227 e. The van der Waals surface area contributed by atoms with E-state index in [0.717, 1.165) is 36.4 Å². The van der Waals surface area contributed by atoms with Gasteiger partial charge in [0.2, 0.25) is 11.1 Å². The summed E-state index contributed by atoms with van der Waals surface area (Å²) in [5.74, 6) is 0.875. The fourth-order valence-electron chi connectivity index (χ4n) is 3.20. The minimum absolute atomic E-state index is 0.182. The fraction of sp³-hybridized carbons (Fsp3) is 0.467. The maximum absolute atomic E-state index is 12.6. The number of aryl methyl sites for hydroxylation is 1. The van der Waals surface area contributed by atoms with Crippen LogP contribution in [0.25, 0.3) is 0 Å². The van der Waals surface area contributed by atoms with Crippen molar-refractivity contribution in [3.8, 4) is 0 Å². The van der Waals surface area contributed by atoms with Gasteiger partial charge in [0.05, 0.1) is 5.69 Å². The maximum Gasteiger partial charge on any atom is 0.227 e. The van der Waals surface area contributed by atoms with Gasteiger partial charge in [-0.05, 0) is 32.1 Å². The number of aromatic nitrogens is 5. The largest absolute Gasteiger partial charge is 0.328 e. The molecule has 0 radical (unpaired) electrons. The van der Waals surface area contributed by atoms with Crippen LogP contribution < -0.4 is 5.32 Å². The first-order chi connectivity index (χ1) is 11.2. The Hall–Kier alpha value is -2.09. The van der Waals surface area contributed by atoms with Crippen molar-refractivity contribution >= 4 is 23.5 Å². The van der Waals surface area contributed by atoms with E-state index in [2.05, 4.69) is 20.5 Å². The molecule has 0 spiro atoms. The average molecular weight is 330 g/mol. The quantitative estimate of drug-likeness (QED) is 0.870. The van der Waals surface area contributed by atoms with Gasteiger partial charge in [-0.3, -0.25) is 9.48 Å². The van der Waals surface area contributed by atoms with Crippen LogP contribution in [-0.4, -0.2) is 36.6 Å². The molecule has 7 nitrogen and oxygen atoms in total. The molecule has 120 valence electrons. The lowest BCUT2D eigenvalue weighted by atomic mass is 9.87. The molecule has 4 rings (SSSR count). The first-order valence-electron chi connectivity index (χ1n) is 7.78. The van der Waals surface area contributed by atoms with Crippen molar-refractivity contribution in [2.24, 2.45) is 0 Å². The molecule has 2 aliphatic rings. The van der Waals surface area contributed by atoms with E-state index in [0.29, 0.717) is 17.5 Å². The number of nitrogens with zero attached hydrogens (tertiary/aromatic N) is 5. The van der Waals surface area contributed by atoms with E-state index in [-0.39, 0.29) is 11.8 Å². The van der Waals surface area contributed by atoms with Crippen molar-refractivity contribution in [2.45, 2.75) is 43.9 Å². The summed E-state index contributed by atoms with van der Waals surface area (Å²) in [5.41, 5.74) is 2.61. The van der Waals surface area contributed by atoms with Crippen LogP contribution in [-0.2, 0) is 11.3 Å². The SMILES string of the molecule is CCn1ccc([C@H]2C3=C(CCCC3=O)Nc3nc(SC)nn32)n1. The molecule has 1 aliphatic carbocycles. The Balaban J connectivity index is 1.88. The Kier molecular flexibility index (Phi) is 3.48. The van der Waals surface area contributed by atoms with Gasteiger partial charge in [0.1, 0.15) is 6.04 Å². The minimum atomic E-state index is -0.282. The van der Waals surface area contributed by atoms with E-state index < -0.39 is 0 Å².